The fraction of sp³-hybridized carbons (Fsp3) is 0.333. The first-order chi connectivity index (χ1) is 14.0. The lowest BCUT2D eigenvalue weighted by Gasteiger charge is -2.16. The summed E-state index contributed by atoms with van der Waals surface area (Å²) in [5, 5.41) is 14.1. The molecular weight excluding hydrogens is 404 g/mol. The average Bonchev–Trinajstić information content (AvgIpc) is 3.43. The molecule has 5 rings (SSSR count). The molecular formula is C21H18N4O2S2. The molecule has 146 valence electrons. The smallest absolute Gasteiger partial charge is 0.230 e. The molecule has 1 saturated heterocycles. The van der Waals surface area contributed by atoms with E-state index in [1.165, 1.54) is 16.2 Å². The minimum absolute atomic E-state index is 0.0642. The van der Waals surface area contributed by atoms with Crippen LogP contribution in [0.3, 0.4) is 0 Å². The van der Waals surface area contributed by atoms with Crippen LogP contribution in [0.1, 0.15) is 33.9 Å². The normalized spacial score (nSPS) is 18.3. The molecule has 0 radical (unpaired) electrons. The number of benzene rings is 1. The van der Waals surface area contributed by atoms with Crippen LogP contribution < -0.4 is 10.2 Å². The monoisotopic (exact) mass is 422 g/mol. The van der Waals surface area contributed by atoms with Crippen molar-refractivity contribution in [3.05, 3.63) is 39.2 Å². The van der Waals surface area contributed by atoms with Crippen molar-refractivity contribution in [2.45, 2.75) is 32.6 Å². The number of thiophene rings is 1. The average molecular weight is 423 g/mol. The maximum absolute atomic E-state index is 12.8. The van der Waals surface area contributed by atoms with Crippen molar-refractivity contribution >= 4 is 55.4 Å². The van der Waals surface area contributed by atoms with Gasteiger partial charge in [0.1, 0.15) is 11.1 Å². The first-order valence-corrected chi connectivity index (χ1v) is 11.2. The Morgan fingerprint density at radius 3 is 3.03 bits per heavy atom. The largest absolute Gasteiger partial charge is 0.316 e. The van der Waals surface area contributed by atoms with Gasteiger partial charge >= 0.3 is 0 Å². The minimum atomic E-state index is -0.432. The number of nitrogens with zero attached hydrogens (tertiary/aromatic N) is 3. The number of nitrogens with one attached hydrogen (secondary N) is 1. The Kier molecular flexibility index (Phi) is 4.37. The molecule has 1 N–H and O–H groups in total. The summed E-state index contributed by atoms with van der Waals surface area (Å²) in [6, 6.07) is 8.05. The van der Waals surface area contributed by atoms with E-state index in [-0.39, 0.29) is 18.2 Å². The number of nitriles is 1. The predicted molar refractivity (Wildman–Crippen MR) is 115 cm³/mol. The van der Waals surface area contributed by atoms with Gasteiger partial charge < -0.3 is 10.2 Å². The Balaban J connectivity index is 1.34. The van der Waals surface area contributed by atoms with Crippen molar-refractivity contribution < 1.29 is 9.59 Å². The molecule has 6 nitrogen and oxygen atoms in total. The van der Waals surface area contributed by atoms with Gasteiger partial charge in [-0.25, -0.2) is 4.98 Å². The number of thiazole rings is 1. The van der Waals surface area contributed by atoms with E-state index in [4.69, 9.17) is 0 Å². The molecule has 3 aromatic rings. The lowest BCUT2D eigenvalue weighted by molar-refractivity contribution is -0.122. The molecule has 1 unspecified atom stereocenters. The second-order valence-corrected chi connectivity index (χ2v) is 9.79. The van der Waals surface area contributed by atoms with Gasteiger partial charge in [-0.1, -0.05) is 0 Å². The van der Waals surface area contributed by atoms with E-state index in [1.807, 2.05) is 25.1 Å². The highest BCUT2D eigenvalue weighted by Gasteiger charge is 2.36. The molecule has 3 heterocycles. The maximum atomic E-state index is 12.8. The van der Waals surface area contributed by atoms with Crippen LogP contribution in [0.25, 0.3) is 10.2 Å². The van der Waals surface area contributed by atoms with Crippen LogP contribution in [0.4, 0.5) is 10.7 Å². The number of fused-ring (bicyclic) bond motifs is 2. The van der Waals surface area contributed by atoms with Gasteiger partial charge in [-0.3, -0.25) is 9.59 Å². The van der Waals surface area contributed by atoms with Crippen molar-refractivity contribution in [1.29, 1.82) is 5.26 Å². The molecule has 8 heteroatoms. The molecule has 0 spiro atoms. The van der Waals surface area contributed by atoms with E-state index in [1.54, 1.807) is 16.2 Å². The number of carbonyl (C=O) groups is 2. The first-order valence-electron chi connectivity index (χ1n) is 9.56. The molecule has 1 aliphatic carbocycles. The number of anilines is 2. The second kappa shape index (κ2) is 6.94. The number of aromatic nitrogens is 1. The van der Waals surface area contributed by atoms with Crippen LogP contribution in [0, 0.1) is 24.2 Å². The van der Waals surface area contributed by atoms with Gasteiger partial charge in [-0.15, -0.1) is 22.7 Å². The second-order valence-electron chi connectivity index (χ2n) is 7.45. The van der Waals surface area contributed by atoms with Crippen LogP contribution in [-0.2, 0) is 22.4 Å². The zero-order valence-corrected chi connectivity index (χ0v) is 17.5. The van der Waals surface area contributed by atoms with E-state index in [2.05, 4.69) is 16.4 Å². The van der Waals surface area contributed by atoms with Crippen molar-refractivity contribution in [3.8, 4) is 6.07 Å². The molecule has 29 heavy (non-hydrogen) atoms. The fourth-order valence-corrected chi connectivity index (χ4v) is 6.21. The van der Waals surface area contributed by atoms with E-state index in [9.17, 15) is 14.9 Å². The maximum Gasteiger partial charge on any atom is 0.230 e. The number of hydrogen-bond acceptors (Lipinski definition) is 6. The topological polar surface area (TPSA) is 86.1 Å². The van der Waals surface area contributed by atoms with Crippen molar-refractivity contribution in [3.63, 3.8) is 0 Å². The number of hydrogen-bond donors (Lipinski definition) is 1. The summed E-state index contributed by atoms with van der Waals surface area (Å²) in [5.74, 6) is -0.688. The summed E-state index contributed by atoms with van der Waals surface area (Å²) in [5.41, 5.74) is 3.33. The lowest BCUT2D eigenvalue weighted by Crippen LogP contribution is -2.28. The highest BCUT2D eigenvalue weighted by molar-refractivity contribution is 7.18. The minimum Gasteiger partial charge on any atom is -0.316 e. The molecule has 1 aliphatic heterocycles. The lowest BCUT2D eigenvalue weighted by atomic mass is 10.1. The van der Waals surface area contributed by atoms with Crippen molar-refractivity contribution in [1.82, 2.24) is 4.98 Å². The van der Waals surface area contributed by atoms with E-state index < -0.39 is 5.92 Å². The highest BCUT2D eigenvalue weighted by Crippen LogP contribution is 2.39. The third-order valence-electron chi connectivity index (χ3n) is 5.56. The number of carbonyl (C=O) groups excluding carboxylic acids is 2. The van der Waals surface area contributed by atoms with E-state index >= 15 is 0 Å². The van der Waals surface area contributed by atoms with Gasteiger partial charge in [0.05, 0.1) is 26.7 Å². The number of amides is 2. The molecule has 2 aromatic heterocycles. The predicted octanol–water partition coefficient (Wildman–Crippen LogP) is 4.02. The SMILES string of the molecule is Cc1nc2cc(N3CC(C(=O)Nc4sc5c(c4C#N)CCC5)CC3=O)ccc2s1. The van der Waals surface area contributed by atoms with Gasteiger partial charge in [-0.2, -0.15) is 5.26 Å². The Bertz CT molecular complexity index is 1200. The van der Waals surface area contributed by atoms with Gasteiger partial charge in [0, 0.05) is 23.5 Å². The highest BCUT2D eigenvalue weighted by atomic mass is 32.1. The molecule has 0 saturated carbocycles. The summed E-state index contributed by atoms with van der Waals surface area (Å²) in [7, 11) is 0. The fourth-order valence-electron chi connectivity index (χ4n) is 4.16. The number of aryl methyl sites for hydroxylation is 2. The molecule has 1 atom stereocenters. The summed E-state index contributed by atoms with van der Waals surface area (Å²) in [4.78, 5) is 32.8. The molecule has 2 amide bonds. The van der Waals surface area contributed by atoms with E-state index in [0.717, 1.165) is 45.7 Å². The van der Waals surface area contributed by atoms with Crippen molar-refractivity contribution in [2.75, 3.05) is 16.8 Å². The summed E-state index contributed by atoms with van der Waals surface area (Å²) < 4.78 is 1.09. The van der Waals surface area contributed by atoms with Gasteiger partial charge in [0.25, 0.3) is 0 Å². The quantitative estimate of drug-likeness (QED) is 0.691. The zero-order valence-electron chi connectivity index (χ0n) is 15.8. The Morgan fingerprint density at radius 1 is 1.34 bits per heavy atom. The summed E-state index contributed by atoms with van der Waals surface area (Å²) in [6.45, 7) is 2.30. The molecule has 0 bridgehead atoms. The molecule has 2 aliphatic rings. The molecule has 1 fully saturated rings. The third-order valence-corrected chi connectivity index (χ3v) is 7.71. The van der Waals surface area contributed by atoms with Crippen molar-refractivity contribution in [2.24, 2.45) is 5.92 Å². The van der Waals surface area contributed by atoms with Gasteiger partial charge in [0.2, 0.25) is 11.8 Å². The number of rotatable bonds is 3. The molecule has 1 aromatic carbocycles. The van der Waals surface area contributed by atoms with Crippen LogP contribution in [0.15, 0.2) is 18.2 Å². The zero-order chi connectivity index (χ0) is 20.1. The van der Waals surface area contributed by atoms with Crippen LogP contribution >= 0.6 is 22.7 Å². The van der Waals surface area contributed by atoms with Gasteiger partial charge in [0.15, 0.2) is 0 Å². The van der Waals surface area contributed by atoms with Crippen LogP contribution in [0.2, 0.25) is 0 Å². The van der Waals surface area contributed by atoms with Crippen LogP contribution in [0.5, 0.6) is 0 Å². The van der Waals surface area contributed by atoms with Gasteiger partial charge in [-0.05, 0) is 49.9 Å². The first kappa shape index (κ1) is 18.3. The standard InChI is InChI=1S/C21H18N4O2S2/c1-11-23-16-8-13(5-6-18(16)28-11)25-10-12(7-19(25)26)20(27)24-21-15(9-22)14-3-2-4-17(14)29-21/h5-6,8,12H,2-4,7,10H2,1H3,(H,24,27). The third kappa shape index (κ3) is 3.11. The summed E-state index contributed by atoms with van der Waals surface area (Å²) >= 11 is 3.12. The summed E-state index contributed by atoms with van der Waals surface area (Å²) in [6.07, 6.45) is 3.11. The Hall–Kier alpha value is -2.76. The van der Waals surface area contributed by atoms with Crippen LogP contribution in [-0.4, -0.2) is 23.3 Å². The Labute approximate surface area is 175 Å². The Morgan fingerprint density at radius 2 is 2.21 bits per heavy atom. The van der Waals surface area contributed by atoms with E-state index in [0.29, 0.717) is 17.1 Å².